The summed E-state index contributed by atoms with van der Waals surface area (Å²) in [5, 5.41) is 9.30. The van der Waals surface area contributed by atoms with Gasteiger partial charge in [0.05, 0.1) is 13.4 Å². The van der Waals surface area contributed by atoms with Crippen LogP contribution in [-0.4, -0.2) is 30.7 Å². The van der Waals surface area contributed by atoms with Gasteiger partial charge in [0, 0.05) is 11.6 Å². The number of para-hydroxylation sites is 1. The number of carboxylic acids is 1. The first-order chi connectivity index (χ1) is 12.7. The lowest BCUT2D eigenvalue weighted by Crippen LogP contribution is -2.29. The maximum absolute atomic E-state index is 13.0. The second-order valence-corrected chi connectivity index (χ2v) is 5.12. The Morgan fingerprint density at radius 3 is 2.41 bits per heavy atom. The van der Waals surface area contributed by atoms with E-state index in [-0.39, 0.29) is 22.6 Å². The summed E-state index contributed by atoms with van der Waals surface area (Å²) in [6, 6.07) is 11.0. The summed E-state index contributed by atoms with van der Waals surface area (Å²) in [5.74, 6) is -1.54. The van der Waals surface area contributed by atoms with Crippen LogP contribution in [0.3, 0.4) is 0 Å². The highest BCUT2D eigenvalue weighted by molar-refractivity contribution is 6.15. The van der Waals surface area contributed by atoms with E-state index in [0.717, 1.165) is 18.4 Å². The SMILES string of the molecule is CO/C=C(/C(=O)O)c1ccccc1Oc1cccc(OC(F)C(F)(F)F)c1. The Morgan fingerprint density at radius 2 is 1.78 bits per heavy atom. The van der Waals surface area contributed by atoms with Crippen molar-refractivity contribution in [1.29, 1.82) is 0 Å². The largest absolute Gasteiger partial charge is 0.503 e. The van der Waals surface area contributed by atoms with E-state index in [1.165, 1.54) is 31.4 Å². The Kier molecular flexibility index (Phi) is 6.27. The molecule has 144 valence electrons. The first kappa shape index (κ1) is 20.1. The highest BCUT2D eigenvalue weighted by atomic mass is 19.4. The molecule has 27 heavy (non-hydrogen) atoms. The number of benzene rings is 2. The van der Waals surface area contributed by atoms with E-state index in [4.69, 9.17) is 9.47 Å². The van der Waals surface area contributed by atoms with Crippen molar-refractivity contribution >= 4 is 11.5 Å². The van der Waals surface area contributed by atoms with Crippen LogP contribution in [0.25, 0.3) is 5.57 Å². The predicted octanol–water partition coefficient (Wildman–Crippen LogP) is 4.79. The topological polar surface area (TPSA) is 65.0 Å². The molecule has 0 saturated heterocycles. The molecule has 0 radical (unpaired) electrons. The number of hydrogen-bond donors (Lipinski definition) is 1. The molecule has 0 spiro atoms. The van der Waals surface area contributed by atoms with Crippen LogP contribution in [0.5, 0.6) is 17.2 Å². The van der Waals surface area contributed by atoms with Crippen LogP contribution in [0.2, 0.25) is 0 Å². The molecule has 0 aromatic heterocycles. The minimum atomic E-state index is -5.16. The monoisotopic (exact) mass is 386 g/mol. The van der Waals surface area contributed by atoms with Crippen LogP contribution < -0.4 is 9.47 Å². The third kappa shape index (κ3) is 5.37. The molecule has 2 rings (SSSR count). The molecule has 0 fully saturated rings. The minimum Gasteiger partial charge on any atom is -0.503 e. The van der Waals surface area contributed by atoms with Crippen molar-refractivity contribution in [3.8, 4) is 17.2 Å². The number of halogens is 4. The van der Waals surface area contributed by atoms with Gasteiger partial charge in [-0.3, -0.25) is 0 Å². The van der Waals surface area contributed by atoms with Crippen LogP contribution in [0.1, 0.15) is 5.56 Å². The van der Waals surface area contributed by atoms with Gasteiger partial charge in [-0.25, -0.2) is 4.79 Å². The van der Waals surface area contributed by atoms with Crippen molar-refractivity contribution in [2.45, 2.75) is 12.5 Å². The lowest BCUT2D eigenvalue weighted by molar-refractivity contribution is -0.236. The van der Waals surface area contributed by atoms with Gasteiger partial charge in [-0.1, -0.05) is 24.3 Å². The first-order valence-electron chi connectivity index (χ1n) is 7.43. The molecular weight excluding hydrogens is 372 g/mol. The zero-order chi connectivity index (χ0) is 20.0. The average Bonchev–Trinajstić information content (AvgIpc) is 2.59. The first-order valence-corrected chi connectivity index (χ1v) is 7.43. The summed E-state index contributed by atoms with van der Waals surface area (Å²) in [6.45, 7) is 0. The lowest BCUT2D eigenvalue weighted by Gasteiger charge is -2.15. The quantitative estimate of drug-likeness (QED) is 0.421. The Hall–Kier alpha value is -3.23. The molecule has 0 amide bonds. The third-order valence-electron chi connectivity index (χ3n) is 3.17. The average molecular weight is 386 g/mol. The maximum atomic E-state index is 13.0. The van der Waals surface area contributed by atoms with E-state index in [9.17, 15) is 27.5 Å². The van der Waals surface area contributed by atoms with Gasteiger partial charge in [0.15, 0.2) is 0 Å². The number of ether oxygens (including phenoxy) is 3. The van der Waals surface area contributed by atoms with E-state index in [1.807, 2.05) is 0 Å². The molecule has 1 N–H and O–H groups in total. The summed E-state index contributed by atoms with van der Waals surface area (Å²) < 4.78 is 64.3. The molecule has 2 aromatic rings. The molecule has 5 nitrogen and oxygen atoms in total. The van der Waals surface area contributed by atoms with E-state index in [2.05, 4.69) is 4.74 Å². The molecule has 0 aliphatic heterocycles. The van der Waals surface area contributed by atoms with Crippen molar-refractivity contribution in [1.82, 2.24) is 0 Å². The summed E-state index contributed by atoms with van der Waals surface area (Å²) in [7, 11) is 1.28. The fourth-order valence-corrected chi connectivity index (χ4v) is 2.05. The zero-order valence-corrected chi connectivity index (χ0v) is 13.9. The van der Waals surface area contributed by atoms with Crippen LogP contribution in [0.4, 0.5) is 17.6 Å². The van der Waals surface area contributed by atoms with Gasteiger partial charge in [-0.15, -0.1) is 0 Å². The van der Waals surface area contributed by atoms with Crippen LogP contribution in [0, 0.1) is 0 Å². The molecule has 0 saturated carbocycles. The molecule has 9 heteroatoms. The fraction of sp³-hybridized carbons (Fsp3) is 0.167. The Labute approximate surface area is 151 Å². The normalized spacial score (nSPS) is 13.0. The number of rotatable bonds is 7. The second kappa shape index (κ2) is 8.43. The number of carboxylic acid groups (broad SMARTS) is 1. The number of aliphatic carboxylic acids is 1. The molecular formula is C18H14F4O5. The number of methoxy groups -OCH3 is 1. The Balaban J connectivity index is 2.30. The van der Waals surface area contributed by atoms with Crippen molar-refractivity contribution in [2.24, 2.45) is 0 Å². The van der Waals surface area contributed by atoms with Crippen molar-refractivity contribution in [2.75, 3.05) is 7.11 Å². The Bertz CT molecular complexity index is 832. The van der Waals surface area contributed by atoms with Gasteiger partial charge in [-0.2, -0.15) is 17.6 Å². The van der Waals surface area contributed by atoms with Gasteiger partial charge < -0.3 is 19.3 Å². The highest BCUT2D eigenvalue weighted by Gasteiger charge is 2.42. The van der Waals surface area contributed by atoms with Gasteiger partial charge >= 0.3 is 18.5 Å². The lowest BCUT2D eigenvalue weighted by atomic mass is 10.1. The van der Waals surface area contributed by atoms with E-state index in [0.29, 0.717) is 0 Å². The summed E-state index contributed by atoms with van der Waals surface area (Å²) in [5.41, 5.74) is -0.0155. The van der Waals surface area contributed by atoms with Gasteiger partial charge in [0.2, 0.25) is 0 Å². The van der Waals surface area contributed by atoms with Crippen LogP contribution >= 0.6 is 0 Å². The smallest absolute Gasteiger partial charge is 0.457 e. The summed E-state index contributed by atoms with van der Waals surface area (Å²) >= 11 is 0. The van der Waals surface area contributed by atoms with Gasteiger partial charge in [0.25, 0.3) is 0 Å². The number of alkyl halides is 4. The van der Waals surface area contributed by atoms with Gasteiger partial charge in [0.1, 0.15) is 22.8 Å². The number of hydrogen-bond acceptors (Lipinski definition) is 4. The molecule has 0 aliphatic carbocycles. The molecule has 1 unspecified atom stereocenters. The van der Waals surface area contributed by atoms with Gasteiger partial charge in [-0.05, 0) is 18.2 Å². The number of carbonyl (C=O) groups is 1. The van der Waals surface area contributed by atoms with Crippen LogP contribution in [0.15, 0.2) is 54.8 Å². The fourth-order valence-electron chi connectivity index (χ4n) is 2.05. The zero-order valence-electron chi connectivity index (χ0n) is 13.9. The van der Waals surface area contributed by atoms with E-state index >= 15 is 0 Å². The molecule has 1 atom stereocenters. The standard InChI is InChI=1S/C18H14F4O5/c1-25-10-14(16(23)24)13-7-2-3-8-15(13)26-11-5-4-6-12(9-11)27-17(19)18(20,21)22/h2-10,17H,1H3,(H,23,24)/b14-10+. The van der Waals surface area contributed by atoms with E-state index in [1.54, 1.807) is 12.1 Å². The van der Waals surface area contributed by atoms with Crippen molar-refractivity contribution in [3.63, 3.8) is 0 Å². The van der Waals surface area contributed by atoms with Crippen LogP contribution in [-0.2, 0) is 9.53 Å². The highest BCUT2D eigenvalue weighted by Crippen LogP contribution is 2.33. The second-order valence-electron chi connectivity index (χ2n) is 5.12. The molecule has 2 aromatic carbocycles. The predicted molar refractivity (Wildman–Crippen MR) is 87.2 cm³/mol. The Morgan fingerprint density at radius 1 is 1.11 bits per heavy atom. The maximum Gasteiger partial charge on any atom is 0.457 e. The summed E-state index contributed by atoms with van der Waals surface area (Å²) in [6.07, 6.45) is -7.63. The molecule has 0 aliphatic rings. The van der Waals surface area contributed by atoms with Crippen molar-refractivity contribution in [3.05, 3.63) is 60.4 Å². The minimum absolute atomic E-state index is 0.0245. The molecule has 0 bridgehead atoms. The molecule has 0 heterocycles. The van der Waals surface area contributed by atoms with Crippen molar-refractivity contribution < 1.29 is 41.7 Å². The third-order valence-corrected chi connectivity index (χ3v) is 3.17. The summed E-state index contributed by atoms with van der Waals surface area (Å²) in [4.78, 5) is 11.4. The van der Waals surface area contributed by atoms with E-state index < -0.39 is 24.3 Å².